The minimum Gasteiger partial charge on any atom is -0.345 e. The quantitative estimate of drug-likeness (QED) is 0.827. The molecule has 0 saturated heterocycles. The summed E-state index contributed by atoms with van der Waals surface area (Å²) in [5.41, 5.74) is 1.99. The van der Waals surface area contributed by atoms with Crippen molar-refractivity contribution < 1.29 is 9.59 Å². The zero-order chi connectivity index (χ0) is 17.5. The Morgan fingerprint density at radius 2 is 1.75 bits per heavy atom. The summed E-state index contributed by atoms with van der Waals surface area (Å²) in [4.78, 5) is 25.3. The molecule has 0 aliphatic rings. The van der Waals surface area contributed by atoms with Crippen molar-refractivity contribution in [2.45, 2.75) is 0 Å². The highest BCUT2D eigenvalue weighted by atomic mass is 79.9. The molecule has 0 aromatic heterocycles. The summed E-state index contributed by atoms with van der Waals surface area (Å²) in [6.45, 7) is 0.249. The van der Waals surface area contributed by atoms with Gasteiger partial charge < -0.3 is 10.2 Å². The number of carbonyl (C=O) groups excluding carboxylic acids is 2. The molecule has 1 N–H and O–H groups in total. The summed E-state index contributed by atoms with van der Waals surface area (Å²) in [5, 5.41) is 2.75. The molecule has 0 fully saturated rings. The molecule has 2 amide bonds. The van der Waals surface area contributed by atoms with Gasteiger partial charge in [0.05, 0.1) is 12.1 Å². The van der Waals surface area contributed by atoms with E-state index in [4.69, 9.17) is 0 Å². The molecule has 2 rings (SSSR count). The average Bonchev–Trinajstić information content (AvgIpc) is 2.58. The highest BCUT2D eigenvalue weighted by molar-refractivity contribution is 9.10. The van der Waals surface area contributed by atoms with Crippen LogP contribution in [0.15, 0.2) is 53.0 Å². The Balaban J connectivity index is 1.93. The van der Waals surface area contributed by atoms with Gasteiger partial charge >= 0.3 is 0 Å². The van der Waals surface area contributed by atoms with E-state index in [1.807, 2.05) is 18.2 Å². The fourth-order valence-corrected chi connectivity index (χ4v) is 2.43. The van der Waals surface area contributed by atoms with Gasteiger partial charge in [0, 0.05) is 29.7 Å². The second kappa shape index (κ2) is 8.32. The fraction of sp³-hybridized carbons (Fsp3) is 0.158. The Hall–Kier alpha value is -2.58. The van der Waals surface area contributed by atoms with E-state index in [0.29, 0.717) is 11.1 Å². The molecule has 0 radical (unpaired) electrons. The van der Waals surface area contributed by atoms with Crippen LogP contribution in [0.3, 0.4) is 0 Å². The van der Waals surface area contributed by atoms with Crippen LogP contribution >= 0.6 is 15.9 Å². The van der Waals surface area contributed by atoms with E-state index in [9.17, 15) is 9.59 Å². The molecule has 0 aliphatic carbocycles. The summed E-state index contributed by atoms with van der Waals surface area (Å²) < 4.78 is 0.747. The third-order valence-electron chi connectivity index (χ3n) is 3.23. The Kier molecular flexibility index (Phi) is 6.16. The summed E-state index contributed by atoms with van der Waals surface area (Å²) in [7, 11) is 3.42. The van der Waals surface area contributed by atoms with Crippen LogP contribution in [0.5, 0.6) is 0 Å². The lowest BCUT2D eigenvalue weighted by Gasteiger charge is -2.09. The normalized spacial score (nSPS) is 9.62. The Morgan fingerprint density at radius 3 is 2.38 bits per heavy atom. The van der Waals surface area contributed by atoms with Gasteiger partial charge in [-0.15, -0.1) is 0 Å². The number of hydrogen-bond donors (Lipinski definition) is 1. The number of hydrogen-bond acceptors (Lipinski definition) is 2. The molecular formula is C19H17BrN2O2. The predicted molar refractivity (Wildman–Crippen MR) is 97.8 cm³/mol. The Labute approximate surface area is 150 Å². The summed E-state index contributed by atoms with van der Waals surface area (Å²) in [5.74, 6) is 5.64. The maximum absolute atomic E-state index is 12.0. The second-order valence-electron chi connectivity index (χ2n) is 5.24. The van der Waals surface area contributed by atoms with Crippen LogP contribution in [0.1, 0.15) is 26.3 Å². The number of nitrogens with zero attached hydrogens (tertiary/aromatic N) is 1. The first-order chi connectivity index (χ1) is 11.5. The third-order valence-corrected chi connectivity index (χ3v) is 3.92. The van der Waals surface area contributed by atoms with Gasteiger partial charge in [0.2, 0.25) is 0 Å². The molecule has 0 heterocycles. The lowest BCUT2D eigenvalue weighted by Crippen LogP contribution is -2.23. The predicted octanol–water partition coefficient (Wildman–Crippen LogP) is 2.93. The van der Waals surface area contributed by atoms with Crippen molar-refractivity contribution in [3.63, 3.8) is 0 Å². The summed E-state index contributed by atoms with van der Waals surface area (Å²) in [6.07, 6.45) is 0. The van der Waals surface area contributed by atoms with Gasteiger partial charge in [-0.3, -0.25) is 9.59 Å². The van der Waals surface area contributed by atoms with E-state index in [0.717, 1.165) is 10.0 Å². The van der Waals surface area contributed by atoms with Crippen LogP contribution in [0, 0.1) is 11.8 Å². The van der Waals surface area contributed by atoms with E-state index in [1.165, 1.54) is 4.90 Å². The first kappa shape index (κ1) is 17.8. The van der Waals surface area contributed by atoms with Crippen LogP contribution in [-0.2, 0) is 0 Å². The SMILES string of the molecule is CN(C)C(=O)c1ccc(C#CCNC(=O)c2ccccc2Br)cc1. The van der Waals surface area contributed by atoms with Crippen molar-refractivity contribution in [3.8, 4) is 11.8 Å². The maximum Gasteiger partial charge on any atom is 0.253 e. The topological polar surface area (TPSA) is 49.4 Å². The van der Waals surface area contributed by atoms with Crippen LogP contribution in [-0.4, -0.2) is 37.4 Å². The van der Waals surface area contributed by atoms with Crippen molar-refractivity contribution in [1.29, 1.82) is 0 Å². The molecule has 0 saturated carbocycles. The number of halogens is 1. The largest absolute Gasteiger partial charge is 0.345 e. The molecule has 0 bridgehead atoms. The van der Waals surface area contributed by atoms with E-state index >= 15 is 0 Å². The van der Waals surface area contributed by atoms with E-state index < -0.39 is 0 Å². The van der Waals surface area contributed by atoms with E-state index in [1.54, 1.807) is 44.4 Å². The average molecular weight is 385 g/mol. The molecule has 2 aromatic rings. The standard InChI is InChI=1S/C19H17BrN2O2/c1-22(2)19(24)15-11-9-14(10-12-15)6-5-13-21-18(23)16-7-3-4-8-17(16)20/h3-4,7-12H,13H2,1-2H3,(H,21,23). The molecule has 4 nitrogen and oxygen atoms in total. The number of amides is 2. The molecule has 0 spiro atoms. The van der Waals surface area contributed by atoms with Crippen molar-refractivity contribution in [3.05, 3.63) is 69.7 Å². The van der Waals surface area contributed by atoms with Gasteiger partial charge in [-0.25, -0.2) is 0 Å². The Bertz CT molecular complexity index is 802. The lowest BCUT2D eigenvalue weighted by atomic mass is 10.1. The maximum atomic E-state index is 12.0. The molecule has 0 unspecified atom stereocenters. The van der Waals surface area contributed by atoms with Crippen LogP contribution < -0.4 is 5.32 Å². The van der Waals surface area contributed by atoms with Gasteiger partial charge in [-0.1, -0.05) is 24.0 Å². The van der Waals surface area contributed by atoms with Gasteiger partial charge in [0.1, 0.15) is 0 Å². The zero-order valence-electron chi connectivity index (χ0n) is 13.5. The second-order valence-corrected chi connectivity index (χ2v) is 6.10. The number of nitrogens with one attached hydrogen (secondary N) is 1. The van der Waals surface area contributed by atoms with E-state index in [2.05, 4.69) is 33.1 Å². The van der Waals surface area contributed by atoms with E-state index in [-0.39, 0.29) is 18.4 Å². The minimum atomic E-state index is -0.177. The monoisotopic (exact) mass is 384 g/mol. The third kappa shape index (κ3) is 4.71. The first-order valence-electron chi connectivity index (χ1n) is 7.32. The number of benzene rings is 2. The van der Waals surface area contributed by atoms with Crippen LogP contribution in [0.4, 0.5) is 0 Å². The van der Waals surface area contributed by atoms with Crippen molar-refractivity contribution in [2.75, 3.05) is 20.6 Å². The number of rotatable bonds is 3. The van der Waals surface area contributed by atoms with Gasteiger partial charge in [0.25, 0.3) is 11.8 Å². The fourth-order valence-electron chi connectivity index (χ4n) is 1.97. The summed E-state index contributed by atoms with van der Waals surface area (Å²) >= 11 is 3.34. The van der Waals surface area contributed by atoms with Crippen molar-refractivity contribution in [1.82, 2.24) is 10.2 Å². The lowest BCUT2D eigenvalue weighted by molar-refractivity contribution is 0.0827. The molecular weight excluding hydrogens is 368 g/mol. The zero-order valence-corrected chi connectivity index (χ0v) is 15.1. The highest BCUT2D eigenvalue weighted by Gasteiger charge is 2.07. The minimum absolute atomic E-state index is 0.0461. The smallest absolute Gasteiger partial charge is 0.253 e. The molecule has 24 heavy (non-hydrogen) atoms. The summed E-state index contributed by atoms with van der Waals surface area (Å²) in [6, 6.07) is 14.3. The van der Waals surface area contributed by atoms with Crippen molar-refractivity contribution >= 4 is 27.7 Å². The molecule has 0 atom stereocenters. The van der Waals surface area contributed by atoms with Gasteiger partial charge in [-0.2, -0.15) is 0 Å². The molecule has 0 aliphatic heterocycles. The van der Waals surface area contributed by atoms with Crippen LogP contribution in [0.2, 0.25) is 0 Å². The first-order valence-corrected chi connectivity index (χ1v) is 8.11. The van der Waals surface area contributed by atoms with Gasteiger partial charge in [0.15, 0.2) is 0 Å². The molecule has 2 aromatic carbocycles. The van der Waals surface area contributed by atoms with Gasteiger partial charge in [-0.05, 0) is 52.3 Å². The molecule has 5 heteroatoms. The van der Waals surface area contributed by atoms with Crippen molar-refractivity contribution in [2.24, 2.45) is 0 Å². The van der Waals surface area contributed by atoms with Crippen LogP contribution in [0.25, 0.3) is 0 Å². The number of carbonyl (C=O) groups is 2. The molecule has 122 valence electrons. The Morgan fingerprint density at radius 1 is 1.08 bits per heavy atom. The highest BCUT2D eigenvalue weighted by Crippen LogP contribution is 2.15.